The van der Waals surface area contributed by atoms with Gasteiger partial charge >= 0.3 is 5.97 Å². The van der Waals surface area contributed by atoms with E-state index in [4.69, 9.17) is 4.74 Å². The lowest BCUT2D eigenvalue weighted by molar-refractivity contribution is -0.143. The highest BCUT2D eigenvalue weighted by Crippen LogP contribution is 2.12. The van der Waals surface area contributed by atoms with Crippen molar-refractivity contribution in [1.29, 1.82) is 0 Å². The Morgan fingerprint density at radius 1 is 1.19 bits per heavy atom. The molecule has 5 nitrogen and oxygen atoms in total. The van der Waals surface area contributed by atoms with Crippen molar-refractivity contribution in [3.05, 3.63) is 29.8 Å². The third-order valence-electron chi connectivity index (χ3n) is 2.47. The Balaban J connectivity index is 2.21. The third-order valence-corrected chi connectivity index (χ3v) is 2.47. The highest BCUT2D eigenvalue weighted by Gasteiger charge is 2.06. The summed E-state index contributed by atoms with van der Waals surface area (Å²) in [5.41, 5.74) is 0.0609. The van der Waals surface area contributed by atoms with Crippen LogP contribution in [0.25, 0.3) is 0 Å². The Morgan fingerprint density at radius 2 is 1.86 bits per heavy atom. The summed E-state index contributed by atoms with van der Waals surface area (Å²) in [7, 11) is 0. The van der Waals surface area contributed by atoms with Gasteiger partial charge in [-0.15, -0.1) is 0 Å². The second-order valence-electron chi connectivity index (χ2n) is 4.29. The summed E-state index contributed by atoms with van der Waals surface area (Å²) >= 11 is 0. The molecule has 1 rings (SSSR count). The van der Waals surface area contributed by atoms with Crippen LogP contribution < -0.4 is 10.6 Å². The molecule has 0 saturated carbocycles. The molecule has 1 amide bonds. The molecule has 0 aliphatic rings. The van der Waals surface area contributed by atoms with Crippen molar-refractivity contribution in [3.8, 4) is 0 Å². The van der Waals surface area contributed by atoms with Crippen LogP contribution in [-0.2, 0) is 14.3 Å². The average molecular weight is 300 g/mol. The van der Waals surface area contributed by atoms with Crippen LogP contribution in [0.2, 0.25) is 0 Å². The van der Waals surface area contributed by atoms with Crippen molar-refractivity contribution in [2.24, 2.45) is 0 Å². The molecule has 0 bridgehead atoms. The van der Waals surface area contributed by atoms with E-state index in [-0.39, 0.29) is 24.6 Å². The highest BCUT2D eigenvalue weighted by molar-refractivity contribution is 5.92. The van der Waals surface area contributed by atoms with Crippen LogP contribution in [0.1, 0.15) is 19.8 Å². The van der Waals surface area contributed by atoms with Crippen molar-refractivity contribution in [1.82, 2.24) is 5.32 Å². The highest BCUT2D eigenvalue weighted by atomic mass is 19.1. The zero-order chi connectivity index (χ0) is 15.7. The first-order chi connectivity index (χ1) is 10.0. The lowest BCUT2D eigenvalue weighted by Crippen LogP contribution is -2.29. The predicted octanol–water partition coefficient (Wildman–Crippen LogP) is 1.84. The first-order valence-corrected chi connectivity index (χ1v) is 6.63. The number of hydrogen-bond acceptors (Lipinski definition) is 4. The number of esters is 1. The maximum absolute atomic E-state index is 12.9. The standard InChI is InChI=1S/C14H18F2N2O3/c1-2-21-14(20)4-3-5-17-9-13(19)18-12-7-10(15)6-11(16)8-12/h6-8,17H,2-5,9H2,1H3,(H,18,19). The van der Waals surface area contributed by atoms with Crippen molar-refractivity contribution in [2.75, 3.05) is 25.0 Å². The zero-order valence-electron chi connectivity index (χ0n) is 11.7. The summed E-state index contributed by atoms with van der Waals surface area (Å²) < 4.78 is 30.6. The van der Waals surface area contributed by atoms with Gasteiger partial charge in [-0.25, -0.2) is 8.78 Å². The van der Waals surface area contributed by atoms with Gasteiger partial charge in [-0.3, -0.25) is 9.59 Å². The fourth-order valence-corrected chi connectivity index (χ4v) is 1.62. The Bertz CT molecular complexity index is 475. The minimum atomic E-state index is -0.757. The minimum absolute atomic E-state index is 0.0129. The Morgan fingerprint density at radius 3 is 2.48 bits per heavy atom. The van der Waals surface area contributed by atoms with Gasteiger partial charge in [-0.05, 0) is 32.0 Å². The van der Waals surface area contributed by atoms with Crippen LogP contribution in [0.15, 0.2) is 18.2 Å². The number of anilines is 1. The number of rotatable bonds is 8. The van der Waals surface area contributed by atoms with Crippen molar-refractivity contribution in [3.63, 3.8) is 0 Å². The van der Waals surface area contributed by atoms with Gasteiger partial charge < -0.3 is 15.4 Å². The molecule has 1 aromatic rings. The van der Waals surface area contributed by atoms with Gasteiger partial charge in [0.05, 0.1) is 13.2 Å². The number of nitrogens with one attached hydrogen (secondary N) is 2. The number of carbonyl (C=O) groups is 2. The normalized spacial score (nSPS) is 10.2. The first kappa shape index (κ1) is 17.0. The SMILES string of the molecule is CCOC(=O)CCCNCC(=O)Nc1cc(F)cc(F)c1. The summed E-state index contributed by atoms with van der Waals surface area (Å²) in [4.78, 5) is 22.6. The molecule has 0 unspecified atom stereocenters. The fourth-order valence-electron chi connectivity index (χ4n) is 1.62. The predicted molar refractivity (Wildman–Crippen MR) is 73.7 cm³/mol. The van der Waals surface area contributed by atoms with Crippen LogP contribution in [-0.4, -0.2) is 31.6 Å². The minimum Gasteiger partial charge on any atom is -0.466 e. The molecule has 7 heteroatoms. The monoisotopic (exact) mass is 300 g/mol. The molecule has 21 heavy (non-hydrogen) atoms. The molecule has 0 aliphatic heterocycles. The molecule has 1 aromatic carbocycles. The first-order valence-electron chi connectivity index (χ1n) is 6.63. The number of ether oxygens (including phenoxy) is 1. The van der Waals surface area contributed by atoms with Gasteiger partial charge in [-0.2, -0.15) is 0 Å². The molecule has 2 N–H and O–H groups in total. The molecule has 0 saturated heterocycles. The quantitative estimate of drug-likeness (QED) is 0.568. The van der Waals surface area contributed by atoms with E-state index >= 15 is 0 Å². The molecule has 0 heterocycles. The summed E-state index contributed by atoms with van der Waals surface area (Å²) in [6, 6.07) is 2.78. The second kappa shape index (κ2) is 9.02. The smallest absolute Gasteiger partial charge is 0.305 e. The maximum Gasteiger partial charge on any atom is 0.305 e. The van der Waals surface area contributed by atoms with Crippen molar-refractivity contribution >= 4 is 17.6 Å². The van der Waals surface area contributed by atoms with Crippen LogP contribution in [0.4, 0.5) is 14.5 Å². The second-order valence-corrected chi connectivity index (χ2v) is 4.29. The number of hydrogen-bond donors (Lipinski definition) is 2. The third kappa shape index (κ3) is 7.36. The van der Waals surface area contributed by atoms with E-state index in [2.05, 4.69) is 10.6 Å². The lowest BCUT2D eigenvalue weighted by atomic mass is 10.3. The van der Waals surface area contributed by atoms with E-state index in [1.807, 2.05) is 0 Å². The van der Waals surface area contributed by atoms with Gasteiger partial charge in [0.2, 0.25) is 5.91 Å². The van der Waals surface area contributed by atoms with E-state index in [0.717, 1.165) is 18.2 Å². The molecule has 116 valence electrons. The maximum atomic E-state index is 12.9. The van der Waals surface area contributed by atoms with Gasteiger partial charge in [0.1, 0.15) is 11.6 Å². The summed E-state index contributed by atoms with van der Waals surface area (Å²) in [6.07, 6.45) is 0.818. The number of benzene rings is 1. The van der Waals surface area contributed by atoms with Crippen molar-refractivity contribution in [2.45, 2.75) is 19.8 Å². The summed E-state index contributed by atoms with van der Waals surface area (Å²) in [6.45, 7) is 2.53. The van der Waals surface area contributed by atoms with Crippen molar-refractivity contribution < 1.29 is 23.1 Å². The molecule has 0 radical (unpaired) electrons. The van der Waals surface area contributed by atoms with E-state index in [0.29, 0.717) is 19.6 Å². The molecule has 0 spiro atoms. The molecular weight excluding hydrogens is 282 g/mol. The van der Waals surface area contributed by atoms with Crippen LogP contribution in [0, 0.1) is 11.6 Å². The van der Waals surface area contributed by atoms with E-state index < -0.39 is 17.5 Å². The molecule has 0 aromatic heterocycles. The molecular formula is C14H18F2N2O3. The van der Waals surface area contributed by atoms with Gasteiger partial charge in [0, 0.05) is 18.2 Å². The molecule has 0 fully saturated rings. The van der Waals surface area contributed by atoms with Gasteiger partial charge in [0.25, 0.3) is 0 Å². The Kier molecular flexibility index (Phi) is 7.31. The Hall–Kier alpha value is -2.02. The number of carbonyl (C=O) groups excluding carboxylic acids is 2. The van der Waals surface area contributed by atoms with Gasteiger partial charge in [0.15, 0.2) is 0 Å². The van der Waals surface area contributed by atoms with E-state index in [1.54, 1.807) is 6.92 Å². The summed E-state index contributed by atoms with van der Waals surface area (Å²) in [5.74, 6) is -2.21. The van der Waals surface area contributed by atoms with E-state index in [1.165, 1.54) is 0 Å². The van der Waals surface area contributed by atoms with Crippen LogP contribution in [0.5, 0.6) is 0 Å². The summed E-state index contributed by atoms with van der Waals surface area (Å²) in [5, 5.41) is 5.20. The largest absolute Gasteiger partial charge is 0.466 e. The average Bonchev–Trinajstić information content (AvgIpc) is 2.37. The zero-order valence-corrected chi connectivity index (χ0v) is 11.7. The van der Waals surface area contributed by atoms with Crippen LogP contribution >= 0.6 is 0 Å². The topological polar surface area (TPSA) is 67.4 Å². The molecule has 0 atom stereocenters. The number of amides is 1. The fraction of sp³-hybridized carbons (Fsp3) is 0.429. The van der Waals surface area contributed by atoms with E-state index in [9.17, 15) is 18.4 Å². The van der Waals surface area contributed by atoms with Crippen LogP contribution in [0.3, 0.4) is 0 Å². The lowest BCUT2D eigenvalue weighted by Gasteiger charge is -2.07. The molecule has 0 aliphatic carbocycles. The Labute approximate surface area is 121 Å². The number of halogens is 2. The van der Waals surface area contributed by atoms with Gasteiger partial charge in [-0.1, -0.05) is 0 Å².